The SMILES string of the molecule is CCNC(CCc1ccc(C)cc1)C(CC)CC. The molecule has 1 aromatic carbocycles. The summed E-state index contributed by atoms with van der Waals surface area (Å²) in [5.41, 5.74) is 2.82. The van der Waals surface area contributed by atoms with Gasteiger partial charge < -0.3 is 5.32 Å². The second-order valence-corrected chi connectivity index (χ2v) is 5.27. The van der Waals surface area contributed by atoms with Gasteiger partial charge in [0.15, 0.2) is 0 Å². The third-order valence-corrected chi connectivity index (χ3v) is 3.95. The molecular formula is C17H29N. The molecule has 0 aliphatic rings. The Labute approximate surface area is 113 Å². The molecule has 1 N–H and O–H groups in total. The van der Waals surface area contributed by atoms with Gasteiger partial charge in [-0.15, -0.1) is 0 Å². The smallest absolute Gasteiger partial charge is 0.00981 e. The molecule has 1 atom stereocenters. The van der Waals surface area contributed by atoms with Crippen molar-refractivity contribution in [3.05, 3.63) is 35.4 Å². The highest BCUT2D eigenvalue weighted by Crippen LogP contribution is 2.18. The molecule has 1 unspecified atom stereocenters. The molecule has 0 amide bonds. The van der Waals surface area contributed by atoms with E-state index in [4.69, 9.17) is 0 Å². The van der Waals surface area contributed by atoms with Crippen LogP contribution >= 0.6 is 0 Å². The molecule has 0 bridgehead atoms. The van der Waals surface area contributed by atoms with Crippen molar-refractivity contribution >= 4 is 0 Å². The van der Waals surface area contributed by atoms with Crippen LogP contribution in [-0.2, 0) is 6.42 Å². The largest absolute Gasteiger partial charge is 0.314 e. The minimum atomic E-state index is 0.673. The molecule has 0 heterocycles. The fourth-order valence-corrected chi connectivity index (χ4v) is 2.70. The van der Waals surface area contributed by atoms with Gasteiger partial charge in [-0.2, -0.15) is 0 Å². The van der Waals surface area contributed by atoms with E-state index >= 15 is 0 Å². The van der Waals surface area contributed by atoms with Crippen molar-refractivity contribution in [1.82, 2.24) is 5.32 Å². The van der Waals surface area contributed by atoms with Crippen LogP contribution in [0.1, 0.15) is 51.2 Å². The van der Waals surface area contributed by atoms with Crippen LogP contribution in [0, 0.1) is 12.8 Å². The van der Waals surface area contributed by atoms with Gasteiger partial charge in [0.25, 0.3) is 0 Å². The molecule has 102 valence electrons. The fraction of sp³-hybridized carbons (Fsp3) is 0.647. The molecule has 0 aliphatic heterocycles. The lowest BCUT2D eigenvalue weighted by atomic mass is 9.89. The maximum Gasteiger partial charge on any atom is 0.00981 e. The Morgan fingerprint density at radius 1 is 1.00 bits per heavy atom. The van der Waals surface area contributed by atoms with E-state index in [1.165, 1.54) is 36.8 Å². The average Bonchev–Trinajstić information content (AvgIpc) is 2.39. The monoisotopic (exact) mass is 247 g/mol. The first-order chi connectivity index (χ1) is 8.71. The maximum absolute atomic E-state index is 3.67. The topological polar surface area (TPSA) is 12.0 Å². The number of hydrogen-bond acceptors (Lipinski definition) is 1. The summed E-state index contributed by atoms with van der Waals surface area (Å²) in [6, 6.07) is 9.64. The summed E-state index contributed by atoms with van der Waals surface area (Å²) in [7, 11) is 0. The summed E-state index contributed by atoms with van der Waals surface area (Å²) < 4.78 is 0. The van der Waals surface area contributed by atoms with Crippen LogP contribution in [-0.4, -0.2) is 12.6 Å². The zero-order chi connectivity index (χ0) is 13.4. The van der Waals surface area contributed by atoms with Crippen molar-refractivity contribution in [1.29, 1.82) is 0 Å². The highest BCUT2D eigenvalue weighted by molar-refractivity contribution is 5.21. The normalized spacial score (nSPS) is 12.9. The lowest BCUT2D eigenvalue weighted by Crippen LogP contribution is -2.36. The predicted molar refractivity (Wildman–Crippen MR) is 81.0 cm³/mol. The minimum Gasteiger partial charge on any atom is -0.314 e. The van der Waals surface area contributed by atoms with Gasteiger partial charge >= 0.3 is 0 Å². The van der Waals surface area contributed by atoms with Crippen molar-refractivity contribution in [2.45, 2.75) is 59.4 Å². The van der Waals surface area contributed by atoms with Crippen LogP contribution < -0.4 is 5.32 Å². The Hall–Kier alpha value is -0.820. The average molecular weight is 247 g/mol. The molecule has 0 aliphatic carbocycles. The molecule has 0 radical (unpaired) electrons. The lowest BCUT2D eigenvalue weighted by molar-refractivity contribution is 0.322. The van der Waals surface area contributed by atoms with Gasteiger partial charge in [-0.25, -0.2) is 0 Å². The number of nitrogens with one attached hydrogen (secondary N) is 1. The molecule has 1 heteroatoms. The lowest BCUT2D eigenvalue weighted by Gasteiger charge is -2.26. The molecule has 0 aromatic heterocycles. The first-order valence-corrected chi connectivity index (χ1v) is 7.50. The van der Waals surface area contributed by atoms with E-state index < -0.39 is 0 Å². The Balaban J connectivity index is 2.53. The molecule has 0 spiro atoms. The van der Waals surface area contributed by atoms with E-state index in [-0.39, 0.29) is 0 Å². The molecule has 0 saturated carbocycles. The van der Waals surface area contributed by atoms with Crippen LogP contribution in [0.2, 0.25) is 0 Å². The van der Waals surface area contributed by atoms with E-state index in [0.717, 1.165) is 12.5 Å². The molecule has 1 aromatic rings. The highest BCUT2D eigenvalue weighted by Gasteiger charge is 2.16. The van der Waals surface area contributed by atoms with E-state index in [0.29, 0.717) is 6.04 Å². The Morgan fingerprint density at radius 2 is 1.61 bits per heavy atom. The van der Waals surface area contributed by atoms with Gasteiger partial charge in [0, 0.05) is 6.04 Å². The number of rotatable bonds is 8. The highest BCUT2D eigenvalue weighted by atomic mass is 14.9. The van der Waals surface area contributed by atoms with E-state index in [1.807, 2.05) is 0 Å². The fourth-order valence-electron chi connectivity index (χ4n) is 2.70. The van der Waals surface area contributed by atoms with E-state index in [1.54, 1.807) is 0 Å². The van der Waals surface area contributed by atoms with Crippen LogP contribution in [0.15, 0.2) is 24.3 Å². The Kier molecular flexibility index (Phi) is 7.04. The Morgan fingerprint density at radius 3 is 2.11 bits per heavy atom. The van der Waals surface area contributed by atoms with Crippen molar-refractivity contribution in [3.63, 3.8) is 0 Å². The summed E-state index contributed by atoms with van der Waals surface area (Å²) in [5, 5.41) is 3.67. The predicted octanol–water partition coefficient (Wildman–Crippen LogP) is 4.34. The quantitative estimate of drug-likeness (QED) is 0.720. The Bertz CT molecular complexity index is 311. The van der Waals surface area contributed by atoms with Gasteiger partial charge in [-0.3, -0.25) is 0 Å². The second kappa shape index (κ2) is 8.31. The number of benzene rings is 1. The summed E-state index contributed by atoms with van der Waals surface area (Å²) in [6.07, 6.45) is 5.00. The molecule has 1 nitrogen and oxygen atoms in total. The zero-order valence-electron chi connectivity index (χ0n) is 12.5. The van der Waals surface area contributed by atoms with Crippen molar-refractivity contribution < 1.29 is 0 Å². The van der Waals surface area contributed by atoms with Gasteiger partial charge in [-0.1, -0.05) is 63.4 Å². The standard InChI is InChI=1S/C17H29N/c1-5-16(6-2)17(18-7-3)13-12-15-10-8-14(4)9-11-15/h8-11,16-18H,5-7,12-13H2,1-4H3. The van der Waals surface area contributed by atoms with Gasteiger partial charge in [-0.05, 0) is 37.8 Å². The molecule has 0 fully saturated rings. The summed E-state index contributed by atoms with van der Waals surface area (Å²) in [6.45, 7) is 10.1. The van der Waals surface area contributed by atoms with Crippen LogP contribution in [0.5, 0.6) is 0 Å². The van der Waals surface area contributed by atoms with Gasteiger partial charge in [0.05, 0.1) is 0 Å². The summed E-state index contributed by atoms with van der Waals surface area (Å²) in [4.78, 5) is 0. The van der Waals surface area contributed by atoms with E-state index in [9.17, 15) is 0 Å². The van der Waals surface area contributed by atoms with Crippen molar-refractivity contribution in [3.8, 4) is 0 Å². The summed E-state index contributed by atoms with van der Waals surface area (Å²) >= 11 is 0. The van der Waals surface area contributed by atoms with Crippen LogP contribution in [0.4, 0.5) is 0 Å². The van der Waals surface area contributed by atoms with Crippen molar-refractivity contribution in [2.75, 3.05) is 6.54 Å². The second-order valence-electron chi connectivity index (χ2n) is 5.27. The van der Waals surface area contributed by atoms with Crippen molar-refractivity contribution in [2.24, 2.45) is 5.92 Å². The number of aryl methyl sites for hydroxylation is 2. The van der Waals surface area contributed by atoms with Crippen LogP contribution in [0.3, 0.4) is 0 Å². The van der Waals surface area contributed by atoms with E-state index in [2.05, 4.69) is 57.3 Å². The maximum atomic E-state index is 3.67. The molecule has 1 rings (SSSR count). The zero-order valence-corrected chi connectivity index (χ0v) is 12.5. The molecule has 0 saturated heterocycles. The van der Waals surface area contributed by atoms with Crippen LogP contribution in [0.25, 0.3) is 0 Å². The molecular weight excluding hydrogens is 218 g/mol. The third-order valence-electron chi connectivity index (χ3n) is 3.95. The first kappa shape index (κ1) is 15.2. The molecule has 18 heavy (non-hydrogen) atoms. The number of hydrogen-bond donors (Lipinski definition) is 1. The van der Waals surface area contributed by atoms with Gasteiger partial charge in [0.1, 0.15) is 0 Å². The third kappa shape index (κ3) is 4.81. The summed E-state index contributed by atoms with van der Waals surface area (Å²) in [5.74, 6) is 0.815. The minimum absolute atomic E-state index is 0.673. The van der Waals surface area contributed by atoms with Gasteiger partial charge in [0.2, 0.25) is 0 Å². The first-order valence-electron chi connectivity index (χ1n) is 7.50.